The van der Waals surface area contributed by atoms with E-state index in [1.807, 2.05) is 0 Å². The molecular formula is C18H16N2O6. The third kappa shape index (κ3) is 3.30. The lowest BCUT2D eigenvalue weighted by molar-refractivity contribution is 0.0697. The number of nitrogens with one attached hydrogen (secondary N) is 1. The number of methoxy groups -OCH3 is 1. The molecule has 3 aromatic rings. The molecule has 0 fully saturated rings. The number of carboxylic acid groups (broad SMARTS) is 1. The van der Waals surface area contributed by atoms with E-state index in [1.54, 1.807) is 24.3 Å². The standard InChI is InChI=1S/C18H16N2O6/c1-25-14-4-2-3-5-15(14)26-9-8-20-16(21)12-7-6-11(17(22)23)10-13(12)19-18(20)24/h2-7,10H,8-9H2,1H3,(H,19,24)(H,22,23). The van der Waals surface area contributed by atoms with E-state index in [9.17, 15) is 14.4 Å². The highest BCUT2D eigenvalue weighted by atomic mass is 16.5. The number of hydrogen-bond donors (Lipinski definition) is 2. The number of fused-ring (bicyclic) bond motifs is 1. The van der Waals surface area contributed by atoms with E-state index < -0.39 is 17.2 Å². The Bertz CT molecular complexity index is 1080. The number of benzene rings is 2. The van der Waals surface area contributed by atoms with Gasteiger partial charge in [0.05, 0.1) is 30.1 Å². The Morgan fingerprint density at radius 1 is 1.15 bits per heavy atom. The monoisotopic (exact) mass is 356 g/mol. The minimum atomic E-state index is -1.14. The highest BCUT2D eigenvalue weighted by Crippen LogP contribution is 2.25. The van der Waals surface area contributed by atoms with Crippen molar-refractivity contribution in [2.45, 2.75) is 6.54 Å². The minimum absolute atomic E-state index is 0.00944. The summed E-state index contributed by atoms with van der Waals surface area (Å²) in [5.41, 5.74) is -0.968. The van der Waals surface area contributed by atoms with Crippen LogP contribution in [0.25, 0.3) is 10.9 Å². The molecule has 0 saturated heterocycles. The molecule has 0 aliphatic rings. The highest BCUT2D eigenvalue weighted by molar-refractivity contribution is 5.92. The number of carbonyl (C=O) groups is 1. The topological polar surface area (TPSA) is 111 Å². The summed E-state index contributed by atoms with van der Waals surface area (Å²) in [6.45, 7) is 0.116. The molecule has 134 valence electrons. The van der Waals surface area contributed by atoms with Gasteiger partial charge in [0.2, 0.25) is 0 Å². The Hall–Kier alpha value is -3.55. The molecule has 2 aromatic carbocycles. The summed E-state index contributed by atoms with van der Waals surface area (Å²) in [5, 5.41) is 9.23. The number of carboxylic acids is 1. The Morgan fingerprint density at radius 2 is 1.88 bits per heavy atom. The average molecular weight is 356 g/mol. The predicted octanol–water partition coefficient (Wildman–Crippen LogP) is 1.48. The van der Waals surface area contributed by atoms with Crippen molar-refractivity contribution < 1.29 is 19.4 Å². The molecule has 0 amide bonds. The number of aromatic nitrogens is 2. The third-order valence-electron chi connectivity index (χ3n) is 3.87. The highest BCUT2D eigenvalue weighted by Gasteiger charge is 2.11. The second-order valence-corrected chi connectivity index (χ2v) is 5.45. The van der Waals surface area contributed by atoms with Crippen LogP contribution in [0.2, 0.25) is 0 Å². The molecule has 3 rings (SSSR count). The van der Waals surface area contributed by atoms with Crippen LogP contribution in [0.4, 0.5) is 0 Å². The Morgan fingerprint density at radius 3 is 2.58 bits per heavy atom. The minimum Gasteiger partial charge on any atom is -0.493 e. The largest absolute Gasteiger partial charge is 0.493 e. The summed E-state index contributed by atoms with van der Waals surface area (Å²) in [4.78, 5) is 38.2. The first-order valence-electron chi connectivity index (χ1n) is 7.77. The maximum absolute atomic E-state index is 12.5. The second-order valence-electron chi connectivity index (χ2n) is 5.45. The van der Waals surface area contributed by atoms with Crippen molar-refractivity contribution in [2.75, 3.05) is 13.7 Å². The van der Waals surface area contributed by atoms with E-state index in [2.05, 4.69) is 4.98 Å². The fraction of sp³-hybridized carbons (Fsp3) is 0.167. The van der Waals surface area contributed by atoms with Crippen molar-refractivity contribution in [3.05, 3.63) is 68.9 Å². The summed E-state index contributed by atoms with van der Waals surface area (Å²) in [7, 11) is 1.52. The number of nitrogens with zero attached hydrogens (tertiary/aromatic N) is 1. The number of aromatic amines is 1. The van der Waals surface area contributed by atoms with E-state index in [0.29, 0.717) is 11.5 Å². The van der Waals surface area contributed by atoms with Crippen LogP contribution in [0.15, 0.2) is 52.1 Å². The van der Waals surface area contributed by atoms with Crippen LogP contribution in [0.3, 0.4) is 0 Å². The summed E-state index contributed by atoms with van der Waals surface area (Å²) in [5.74, 6) is -0.0815. The molecule has 0 saturated carbocycles. The maximum Gasteiger partial charge on any atom is 0.335 e. The van der Waals surface area contributed by atoms with Crippen LogP contribution in [-0.2, 0) is 6.54 Å². The molecule has 8 nitrogen and oxygen atoms in total. The van der Waals surface area contributed by atoms with Crippen molar-refractivity contribution in [1.82, 2.24) is 9.55 Å². The summed E-state index contributed by atoms with van der Waals surface area (Å²) >= 11 is 0. The number of H-pyrrole nitrogens is 1. The number of rotatable bonds is 6. The van der Waals surface area contributed by atoms with Crippen LogP contribution in [-0.4, -0.2) is 34.3 Å². The first-order valence-corrected chi connectivity index (χ1v) is 7.77. The molecular weight excluding hydrogens is 340 g/mol. The van der Waals surface area contributed by atoms with Gasteiger partial charge in [-0.05, 0) is 30.3 Å². The van der Waals surface area contributed by atoms with E-state index in [-0.39, 0.29) is 29.6 Å². The second kappa shape index (κ2) is 7.14. The van der Waals surface area contributed by atoms with E-state index in [4.69, 9.17) is 14.6 Å². The lowest BCUT2D eigenvalue weighted by atomic mass is 10.1. The first-order chi connectivity index (χ1) is 12.5. The van der Waals surface area contributed by atoms with Gasteiger partial charge in [-0.25, -0.2) is 9.59 Å². The zero-order chi connectivity index (χ0) is 18.7. The van der Waals surface area contributed by atoms with Crippen molar-refractivity contribution in [1.29, 1.82) is 0 Å². The zero-order valence-corrected chi connectivity index (χ0v) is 13.9. The third-order valence-corrected chi connectivity index (χ3v) is 3.87. The predicted molar refractivity (Wildman–Crippen MR) is 94.3 cm³/mol. The van der Waals surface area contributed by atoms with Gasteiger partial charge in [-0.3, -0.25) is 9.36 Å². The van der Waals surface area contributed by atoms with Crippen molar-refractivity contribution in [3.8, 4) is 11.5 Å². The van der Waals surface area contributed by atoms with Crippen LogP contribution in [0.1, 0.15) is 10.4 Å². The summed E-state index contributed by atoms with van der Waals surface area (Å²) < 4.78 is 11.8. The molecule has 0 aliphatic heterocycles. The number of hydrogen-bond acceptors (Lipinski definition) is 5. The lowest BCUT2D eigenvalue weighted by Crippen LogP contribution is -2.36. The van der Waals surface area contributed by atoms with Gasteiger partial charge in [-0.1, -0.05) is 12.1 Å². The number of para-hydroxylation sites is 2. The Labute approximate surface area is 147 Å². The van der Waals surface area contributed by atoms with Crippen molar-refractivity contribution in [2.24, 2.45) is 0 Å². The quantitative estimate of drug-likeness (QED) is 0.692. The molecule has 0 aliphatic carbocycles. The van der Waals surface area contributed by atoms with Crippen LogP contribution in [0, 0.1) is 0 Å². The van der Waals surface area contributed by atoms with Crippen LogP contribution >= 0.6 is 0 Å². The molecule has 8 heteroatoms. The van der Waals surface area contributed by atoms with Gasteiger partial charge in [0.25, 0.3) is 5.56 Å². The van der Waals surface area contributed by atoms with Gasteiger partial charge in [0, 0.05) is 0 Å². The van der Waals surface area contributed by atoms with Gasteiger partial charge in [0.15, 0.2) is 11.5 Å². The van der Waals surface area contributed by atoms with E-state index >= 15 is 0 Å². The molecule has 0 bridgehead atoms. The Kier molecular flexibility index (Phi) is 4.74. The number of aromatic carboxylic acids is 1. The molecule has 0 unspecified atom stereocenters. The Balaban J connectivity index is 1.86. The van der Waals surface area contributed by atoms with E-state index in [0.717, 1.165) is 4.57 Å². The molecule has 26 heavy (non-hydrogen) atoms. The normalized spacial score (nSPS) is 10.7. The van der Waals surface area contributed by atoms with Crippen molar-refractivity contribution in [3.63, 3.8) is 0 Å². The van der Waals surface area contributed by atoms with Gasteiger partial charge in [0.1, 0.15) is 6.61 Å². The fourth-order valence-corrected chi connectivity index (χ4v) is 2.58. The average Bonchev–Trinajstić information content (AvgIpc) is 2.64. The van der Waals surface area contributed by atoms with Crippen molar-refractivity contribution >= 4 is 16.9 Å². The van der Waals surface area contributed by atoms with Gasteiger partial charge in [-0.15, -0.1) is 0 Å². The molecule has 0 radical (unpaired) electrons. The maximum atomic E-state index is 12.5. The SMILES string of the molecule is COc1ccccc1OCCn1c(=O)[nH]c2cc(C(=O)O)ccc2c1=O. The first kappa shape index (κ1) is 17.3. The summed E-state index contributed by atoms with van der Waals surface area (Å²) in [6, 6.07) is 11.0. The molecule has 2 N–H and O–H groups in total. The fourth-order valence-electron chi connectivity index (χ4n) is 2.58. The van der Waals surface area contributed by atoms with E-state index in [1.165, 1.54) is 25.3 Å². The molecule has 0 atom stereocenters. The smallest absolute Gasteiger partial charge is 0.335 e. The number of ether oxygens (including phenoxy) is 2. The van der Waals surface area contributed by atoms with Gasteiger partial charge < -0.3 is 19.6 Å². The van der Waals surface area contributed by atoms with Gasteiger partial charge in [-0.2, -0.15) is 0 Å². The molecule has 1 aromatic heterocycles. The zero-order valence-electron chi connectivity index (χ0n) is 13.9. The summed E-state index contributed by atoms with van der Waals surface area (Å²) in [6.07, 6.45) is 0. The lowest BCUT2D eigenvalue weighted by Gasteiger charge is -2.11. The molecule has 1 heterocycles. The molecule has 0 spiro atoms. The van der Waals surface area contributed by atoms with Gasteiger partial charge >= 0.3 is 11.7 Å². The van der Waals surface area contributed by atoms with Crippen LogP contribution in [0.5, 0.6) is 11.5 Å². The van der Waals surface area contributed by atoms with Crippen LogP contribution < -0.4 is 20.7 Å².